The molecule has 0 bridgehead atoms. The zero-order valence-corrected chi connectivity index (χ0v) is 25.2. The number of halogens is 5. The number of amidine groups is 1. The van der Waals surface area contributed by atoms with Crippen molar-refractivity contribution in [3.63, 3.8) is 0 Å². The van der Waals surface area contributed by atoms with Gasteiger partial charge in [0.25, 0.3) is 0 Å². The minimum Gasteiger partial charge on any atom is -0.377 e. The Morgan fingerprint density at radius 1 is 1.16 bits per heavy atom. The van der Waals surface area contributed by atoms with Gasteiger partial charge in [-0.25, -0.2) is 13.8 Å². The molecule has 230 valence electrons. The van der Waals surface area contributed by atoms with E-state index >= 15 is 4.39 Å². The number of aliphatic imine (C=N–C) groups is 1. The molecule has 6 nitrogen and oxygen atoms in total. The quantitative estimate of drug-likeness (QED) is 0.275. The lowest BCUT2D eigenvalue weighted by Crippen LogP contribution is -2.60. The fourth-order valence-electron chi connectivity index (χ4n) is 6.10. The third kappa shape index (κ3) is 5.66. The summed E-state index contributed by atoms with van der Waals surface area (Å²) in [7, 11) is 0. The van der Waals surface area contributed by atoms with Crippen LogP contribution in [0.3, 0.4) is 0 Å². The van der Waals surface area contributed by atoms with Crippen LogP contribution in [0.4, 0.5) is 27.6 Å². The number of anilines is 1. The van der Waals surface area contributed by atoms with E-state index in [2.05, 4.69) is 13.2 Å². The molecule has 3 aliphatic rings. The highest BCUT2D eigenvalue weighted by Gasteiger charge is 2.45. The molecule has 3 heterocycles. The average Bonchev–Trinajstić information content (AvgIpc) is 2.92. The lowest BCUT2D eigenvalue weighted by molar-refractivity contribution is -0.137. The van der Waals surface area contributed by atoms with E-state index in [1.165, 1.54) is 17.8 Å². The maximum atomic E-state index is 15.2. The molecule has 1 fully saturated rings. The van der Waals surface area contributed by atoms with E-state index in [1.54, 1.807) is 9.80 Å². The fourth-order valence-corrected chi connectivity index (χ4v) is 7.41. The van der Waals surface area contributed by atoms with Gasteiger partial charge in [-0.3, -0.25) is 4.79 Å². The van der Waals surface area contributed by atoms with Gasteiger partial charge in [-0.15, -0.1) is 11.8 Å². The first kappa shape index (κ1) is 31.1. The normalized spacial score (nSPS) is 22.1. The number of thioether (sulfide) groups is 1. The number of nitrogens with zero attached hydrogens (tertiary/aromatic N) is 4. The first-order valence-electron chi connectivity index (χ1n) is 14.0. The number of hydrogen-bond donors (Lipinski definition) is 0. The Hall–Kier alpha value is -3.38. The second-order valence-electron chi connectivity index (χ2n) is 11.3. The van der Waals surface area contributed by atoms with E-state index < -0.39 is 23.4 Å². The number of alkyl halides is 3. The summed E-state index contributed by atoms with van der Waals surface area (Å²) in [6, 6.07) is 2.73. The average molecular weight is 621 g/mol. The van der Waals surface area contributed by atoms with E-state index in [4.69, 9.17) is 9.73 Å². The number of carbonyl (C=O) groups is 1. The molecule has 1 saturated heterocycles. The van der Waals surface area contributed by atoms with Crippen molar-refractivity contribution in [2.75, 3.05) is 30.3 Å². The van der Waals surface area contributed by atoms with Gasteiger partial charge in [0, 0.05) is 58.6 Å². The molecular formula is C31H33F5N4O2S. The Kier molecular flexibility index (Phi) is 8.38. The molecule has 2 aromatic rings. The number of piperazine rings is 1. The number of hydrogen-bond acceptors (Lipinski definition) is 6. The van der Waals surface area contributed by atoms with E-state index in [9.17, 15) is 22.4 Å². The van der Waals surface area contributed by atoms with Crippen LogP contribution in [0.5, 0.6) is 0 Å². The third-order valence-corrected chi connectivity index (χ3v) is 9.05. The van der Waals surface area contributed by atoms with Crippen LogP contribution < -0.4 is 4.90 Å². The van der Waals surface area contributed by atoms with Gasteiger partial charge in [-0.2, -0.15) is 13.2 Å². The summed E-state index contributed by atoms with van der Waals surface area (Å²) in [6.07, 6.45) is -3.70. The van der Waals surface area contributed by atoms with Gasteiger partial charge in [0.1, 0.15) is 23.3 Å². The third-order valence-electron chi connectivity index (χ3n) is 7.81. The summed E-state index contributed by atoms with van der Waals surface area (Å²) in [6.45, 7) is 16.2. The molecule has 1 amide bonds. The molecule has 0 aliphatic carbocycles. The monoisotopic (exact) mass is 620 g/mol. The van der Waals surface area contributed by atoms with Crippen LogP contribution in [0.25, 0.3) is 11.1 Å². The number of ether oxygens (including phenoxy) is 1. The molecule has 0 aromatic heterocycles. The van der Waals surface area contributed by atoms with Gasteiger partial charge in [-0.1, -0.05) is 13.2 Å². The van der Waals surface area contributed by atoms with Crippen LogP contribution >= 0.6 is 11.8 Å². The van der Waals surface area contributed by atoms with Crippen molar-refractivity contribution in [1.82, 2.24) is 9.80 Å². The molecule has 0 radical (unpaired) electrons. The highest BCUT2D eigenvalue weighted by atomic mass is 32.2. The summed E-state index contributed by atoms with van der Waals surface area (Å²) in [4.78, 5) is 22.8. The molecule has 2 aromatic carbocycles. The van der Waals surface area contributed by atoms with Crippen LogP contribution in [0, 0.1) is 11.6 Å². The Bertz CT molecular complexity index is 1500. The molecule has 5 rings (SSSR count). The maximum absolute atomic E-state index is 15.2. The predicted octanol–water partition coefficient (Wildman–Crippen LogP) is 6.69. The SMILES string of the molecule is C=CC(=O)N1[C@H](C)CN(C2=NC(=C)N3c4c2cc(C(F)(F)F)c(-c2ccc(F)cc2F)c4SC[C@@H]3COC(C)C)C[C@@H]1C. The molecule has 43 heavy (non-hydrogen) atoms. The zero-order chi connectivity index (χ0) is 31.4. The molecule has 0 unspecified atom stereocenters. The molecule has 3 atom stereocenters. The molecule has 0 spiro atoms. The Labute approximate surface area is 251 Å². The van der Waals surface area contributed by atoms with Crippen molar-refractivity contribution in [1.29, 1.82) is 0 Å². The topological polar surface area (TPSA) is 48.4 Å². The maximum Gasteiger partial charge on any atom is 0.417 e. The van der Waals surface area contributed by atoms with Gasteiger partial charge in [0.2, 0.25) is 5.91 Å². The van der Waals surface area contributed by atoms with Gasteiger partial charge >= 0.3 is 6.18 Å². The second kappa shape index (κ2) is 11.6. The van der Waals surface area contributed by atoms with Crippen molar-refractivity contribution < 1.29 is 31.5 Å². The van der Waals surface area contributed by atoms with Crippen LogP contribution in [-0.4, -0.2) is 71.2 Å². The van der Waals surface area contributed by atoms with Crippen molar-refractivity contribution in [2.24, 2.45) is 4.99 Å². The molecule has 3 aliphatic heterocycles. The van der Waals surface area contributed by atoms with Crippen molar-refractivity contribution >= 4 is 29.2 Å². The van der Waals surface area contributed by atoms with Crippen molar-refractivity contribution in [3.05, 3.63) is 72.1 Å². The number of benzene rings is 2. The first-order chi connectivity index (χ1) is 20.2. The molecule has 0 N–H and O–H groups in total. The standard InChI is InChI=1S/C31H33F5N4O2S/c1-7-26(41)39-17(4)12-38(13-18(39)5)30-23-11-24(31(34,35)36)27(22-9-8-20(32)10-25(22)33)29-28(23)40(19(6)37-30)21(15-43-29)14-42-16(2)3/h7-11,16-18,21H,1,6,12-15H2,2-5H3/t17-,18+,21-/m0/s1. The van der Waals surface area contributed by atoms with E-state index in [1.807, 2.05) is 32.6 Å². The largest absolute Gasteiger partial charge is 0.417 e. The van der Waals surface area contributed by atoms with Crippen LogP contribution in [0.15, 0.2) is 59.2 Å². The van der Waals surface area contributed by atoms with Gasteiger partial charge in [-0.05, 0) is 52.0 Å². The Morgan fingerprint density at radius 2 is 1.84 bits per heavy atom. The first-order valence-corrected chi connectivity index (χ1v) is 15.0. The summed E-state index contributed by atoms with van der Waals surface area (Å²) >= 11 is 1.18. The molecule has 0 saturated carbocycles. The minimum atomic E-state index is -4.86. The highest BCUT2D eigenvalue weighted by molar-refractivity contribution is 7.99. The van der Waals surface area contributed by atoms with E-state index in [0.717, 1.165) is 18.2 Å². The van der Waals surface area contributed by atoms with Gasteiger partial charge in [0.05, 0.1) is 30.0 Å². The summed E-state index contributed by atoms with van der Waals surface area (Å²) < 4.78 is 79.4. The van der Waals surface area contributed by atoms with Crippen molar-refractivity contribution in [2.45, 2.75) is 63.0 Å². The van der Waals surface area contributed by atoms with Crippen molar-refractivity contribution in [3.8, 4) is 11.1 Å². The summed E-state index contributed by atoms with van der Waals surface area (Å²) in [5.74, 6) is -1.26. The lowest BCUT2D eigenvalue weighted by atomic mass is 9.92. The predicted molar refractivity (Wildman–Crippen MR) is 158 cm³/mol. The smallest absolute Gasteiger partial charge is 0.377 e. The number of amides is 1. The summed E-state index contributed by atoms with van der Waals surface area (Å²) in [5.41, 5.74) is -1.08. The lowest BCUT2D eigenvalue weighted by Gasteiger charge is -2.48. The summed E-state index contributed by atoms with van der Waals surface area (Å²) in [5, 5.41) is 0. The molecule has 12 heteroatoms. The van der Waals surface area contributed by atoms with E-state index in [0.29, 0.717) is 42.3 Å². The van der Waals surface area contributed by atoms with Crippen LogP contribution in [0.1, 0.15) is 38.8 Å². The number of carbonyl (C=O) groups excluding carboxylic acids is 1. The Morgan fingerprint density at radius 3 is 2.42 bits per heavy atom. The molecular weight excluding hydrogens is 587 g/mol. The zero-order valence-electron chi connectivity index (χ0n) is 24.3. The minimum absolute atomic E-state index is 0.0861. The van der Waals surface area contributed by atoms with Gasteiger partial charge in [0.15, 0.2) is 0 Å². The van der Waals surface area contributed by atoms with E-state index in [-0.39, 0.29) is 58.3 Å². The highest BCUT2D eigenvalue weighted by Crippen LogP contribution is 2.53. The fraction of sp³-hybridized carbons (Fsp3) is 0.419. The Balaban J connectivity index is 1.73. The number of rotatable bonds is 5. The van der Waals surface area contributed by atoms with Gasteiger partial charge < -0.3 is 19.4 Å². The van der Waals surface area contributed by atoms with Crippen LogP contribution in [-0.2, 0) is 15.7 Å². The van der Waals surface area contributed by atoms with Crippen LogP contribution in [0.2, 0.25) is 0 Å². The second-order valence-corrected chi connectivity index (χ2v) is 12.3.